The maximum absolute atomic E-state index is 12.5. The fourth-order valence-corrected chi connectivity index (χ4v) is 3.00. The van der Waals surface area contributed by atoms with Gasteiger partial charge in [-0.1, -0.05) is 31.5 Å². The molecule has 4 N–H and O–H groups in total. The van der Waals surface area contributed by atoms with Crippen LogP contribution in [0.4, 0.5) is 0 Å². The number of rotatable bonds is 8. The van der Waals surface area contributed by atoms with E-state index in [0.717, 1.165) is 22.9 Å². The molecule has 0 aliphatic carbocycles. The summed E-state index contributed by atoms with van der Waals surface area (Å²) in [6, 6.07) is 7.14. The highest BCUT2D eigenvalue weighted by Gasteiger charge is 2.25. The Morgan fingerprint density at radius 3 is 2.72 bits per heavy atom. The van der Waals surface area contributed by atoms with E-state index < -0.39 is 11.6 Å². The lowest BCUT2D eigenvalue weighted by molar-refractivity contribution is -0.128. The van der Waals surface area contributed by atoms with Crippen LogP contribution in [0.2, 0.25) is 0 Å². The quantitative estimate of drug-likeness (QED) is 0.588. The number of nitrogens with one attached hydrogen (secondary N) is 3. The van der Waals surface area contributed by atoms with Crippen molar-refractivity contribution < 1.29 is 14.7 Å². The molecular weight excluding hydrogens is 318 g/mol. The minimum Gasteiger partial charge on any atom is -0.388 e. The van der Waals surface area contributed by atoms with Gasteiger partial charge in [0, 0.05) is 37.0 Å². The second-order valence-corrected chi connectivity index (χ2v) is 6.78. The summed E-state index contributed by atoms with van der Waals surface area (Å²) in [4.78, 5) is 27.2. The number of fused-ring (bicyclic) bond motifs is 1. The first-order valence-electron chi connectivity index (χ1n) is 8.64. The molecule has 25 heavy (non-hydrogen) atoms. The van der Waals surface area contributed by atoms with E-state index in [4.69, 9.17) is 0 Å². The average molecular weight is 345 g/mol. The normalized spacial score (nSPS) is 14.7. The number of para-hydroxylation sites is 1. The second-order valence-electron chi connectivity index (χ2n) is 6.78. The molecule has 2 atom stereocenters. The van der Waals surface area contributed by atoms with Crippen LogP contribution >= 0.6 is 0 Å². The fourth-order valence-electron chi connectivity index (χ4n) is 3.00. The number of hydrogen-bond acceptors (Lipinski definition) is 3. The van der Waals surface area contributed by atoms with Gasteiger partial charge in [0.15, 0.2) is 0 Å². The molecule has 6 heteroatoms. The van der Waals surface area contributed by atoms with Gasteiger partial charge in [0.2, 0.25) is 11.8 Å². The third-order valence-corrected chi connectivity index (χ3v) is 4.22. The monoisotopic (exact) mass is 345 g/mol. The first-order chi connectivity index (χ1) is 11.8. The summed E-state index contributed by atoms with van der Waals surface area (Å²) in [6.45, 7) is 5.23. The molecule has 1 aromatic carbocycles. The number of amides is 2. The van der Waals surface area contributed by atoms with Gasteiger partial charge in [-0.3, -0.25) is 9.59 Å². The SMILES string of the molecule is CCC[C@@](C)(O)CNC(=O)[C@H](Cc1c[nH]c2ccccc12)NC(C)=O. The van der Waals surface area contributed by atoms with Crippen molar-refractivity contribution >= 4 is 22.7 Å². The van der Waals surface area contributed by atoms with Crippen LogP contribution in [-0.4, -0.2) is 40.1 Å². The number of aromatic amines is 1. The topological polar surface area (TPSA) is 94.2 Å². The van der Waals surface area contributed by atoms with Gasteiger partial charge in [-0.15, -0.1) is 0 Å². The van der Waals surface area contributed by atoms with Crippen molar-refractivity contribution in [3.63, 3.8) is 0 Å². The number of aliphatic hydroxyl groups is 1. The summed E-state index contributed by atoms with van der Waals surface area (Å²) in [5, 5.41) is 16.7. The number of carbonyl (C=O) groups excluding carboxylic acids is 2. The third-order valence-electron chi connectivity index (χ3n) is 4.22. The summed E-state index contributed by atoms with van der Waals surface area (Å²) in [5.41, 5.74) is 1.00. The Bertz CT molecular complexity index is 736. The molecule has 2 amide bonds. The van der Waals surface area contributed by atoms with Crippen molar-refractivity contribution in [1.82, 2.24) is 15.6 Å². The number of H-pyrrole nitrogens is 1. The zero-order chi connectivity index (χ0) is 18.4. The van der Waals surface area contributed by atoms with Crippen LogP contribution < -0.4 is 10.6 Å². The van der Waals surface area contributed by atoms with Crippen molar-refractivity contribution in [2.24, 2.45) is 0 Å². The van der Waals surface area contributed by atoms with Gasteiger partial charge in [0.1, 0.15) is 6.04 Å². The van der Waals surface area contributed by atoms with E-state index in [2.05, 4.69) is 15.6 Å². The van der Waals surface area contributed by atoms with E-state index >= 15 is 0 Å². The fraction of sp³-hybridized carbons (Fsp3) is 0.474. The first kappa shape index (κ1) is 19.0. The van der Waals surface area contributed by atoms with Crippen molar-refractivity contribution in [2.75, 3.05) is 6.54 Å². The minimum atomic E-state index is -0.952. The van der Waals surface area contributed by atoms with E-state index in [0.29, 0.717) is 12.8 Å². The molecule has 1 aromatic heterocycles. The molecule has 0 saturated heterocycles. The van der Waals surface area contributed by atoms with Crippen molar-refractivity contribution in [3.8, 4) is 0 Å². The minimum absolute atomic E-state index is 0.156. The van der Waals surface area contributed by atoms with E-state index in [9.17, 15) is 14.7 Å². The molecular formula is C19H27N3O3. The van der Waals surface area contributed by atoms with Gasteiger partial charge >= 0.3 is 0 Å². The third kappa shape index (κ3) is 5.32. The standard InChI is InChI=1S/C19H27N3O3/c1-4-9-19(3,25)12-21-18(24)17(22-13(2)23)10-14-11-20-16-8-6-5-7-15(14)16/h5-8,11,17,20,25H,4,9-10,12H2,1-3H3,(H,21,24)(H,22,23)/t17-,19+/m0/s1. The molecule has 0 radical (unpaired) electrons. The molecule has 6 nitrogen and oxygen atoms in total. The molecule has 0 fully saturated rings. The lowest BCUT2D eigenvalue weighted by Crippen LogP contribution is -2.50. The summed E-state index contributed by atoms with van der Waals surface area (Å²) in [7, 11) is 0. The molecule has 0 aliphatic rings. The molecule has 1 heterocycles. The number of aromatic nitrogens is 1. The zero-order valence-corrected chi connectivity index (χ0v) is 15.1. The molecule has 0 unspecified atom stereocenters. The lowest BCUT2D eigenvalue weighted by atomic mass is 10.00. The summed E-state index contributed by atoms with van der Waals surface area (Å²) >= 11 is 0. The number of carbonyl (C=O) groups is 2. The van der Waals surface area contributed by atoms with Crippen molar-refractivity contribution in [3.05, 3.63) is 36.0 Å². The summed E-state index contributed by atoms with van der Waals surface area (Å²) in [6.07, 6.45) is 3.67. The van der Waals surface area contributed by atoms with Crippen LogP contribution in [0.3, 0.4) is 0 Å². The van der Waals surface area contributed by atoms with Gasteiger partial charge in [-0.05, 0) is 25.0 Å². The smallest absolute Gasteiger partial charge is 0.243 e. The zero-order valence-electron chi connectivity index (χ0n) is 15.1. The Morgan fingerprint density at radius 1 is 1.32 bits per heavy atom. The van der Waals surface area contributed by atoms with Gasteiger partial charge in [-0.25, -0.2) is 0 Å². The number of benzene rings is 1. The van der Waals surface area contributed by atoms with Crippen molar-refractivity contribution in [2.45, 2.75) is 51.7 Å². The average Bonchev–Trinajstić information content (AvgIpc) is 2.95. The Labute approximate surface area is 148 Å². The lowest BCUT2D eigenvalue weighted by Gasteiger charge is -2.25. The first-order valence-corrected chi connectivity index (χ1v) is 8.64. The predicted octanol–water partition coefficient (Wildman–Crippen LogP) is 1.88. The maximum Gasteiger partial charge on any atom is 0.243 e. The van der Waals surface area contributed by atoms with Crippen LogP contribution in [0.25, 0.3) is 10.9 Å². The maximum atomic E-state index is 12.5. The largest absolute Gasteiger partial charge is 0.388 e. The van der Waals surface area contributed by atoms with Crippen LogP contribution in [-0.2, 0) is 16.0 Å². The predicted molar refractivity (Wildman–Crippen MR) is 98.1 cm³/mol. The Morgan fingerprint density at radius 2 is 2.04 bits per heavy atom. The summed E-state index contributed by atoms with van der Waals surface area (Å²) in [5.74, 6) is -0.558. The molecule has 0 saturated carbocycles. The Kier molecular flexibility index (Phi) is 6.20. The highest BCUT2D eigenvalue weighted by Crippen LogP contribution is 2.19. The van der Waals surface area contributed by atoms with Crippen LogP contribution in [0.15, 0.2) is 30.5 Å². The highest BCUT2D eigenvalue weighted by atomic mass is 16.3. The van der Waals surface area contributed by atoms with Gasteiger partial charge < -0.3 is 20.7 Å². The van der Waals surface area contributed by atoms with E-state index in [1.165, 1.54) is 6.92 Å². The molecule has 136 valence electrons. The Hall–Kier alpha value is -2.34. The molecule has 2 rings (SSSR count). The van der Waals surface area contributed by atoms with Gasteiger partial charge in [0.25, 0.3) is 0 Å². The van der Waals surface area contributed by atoms with E-state index in [1.807, 2.05) is 37.4 Å². The number of hydrogen-bond donors (Lipinski definition) is 4. The highest BCUT2D eigenvalue weighted by molar-refractivity contribution is 5.89. The van der Waals surface area contributed by atoms with Crippen LogP contribution in [0.5, 0.6) is 0 Å². The van der Waals surface area contributed by atoms with E-state index in [-0.39, 0.29) is 18.4 Å². The van der Waals surface area contributed by atoms with Gasteiger partial charge in [-0.2, -0.15) is 0 Å². The Balaban J connectivity index is 2.10. The second kappa shape index (κ2) is 8.16. The molecule has 0 bridgehead atoms. The molecule has 0 aliphatic heterocycles. The molecule has 2 aromatic rings. The van der Waals surface area contributed by atoms with Gasteiger partial charge in [0.05, 0.1) is 5.60 Å². The van der Waals surface area contributed by atoms with Crippen LogP contribution in [0.1, 0.15) is 39.2 Å². The molecule has 0 spiro atoms. The van der Waals surface area contributed by atoms with Crippen LogP contribution in [0, 0.1) is 0 Å². The van der Waals surface area contributed by atoms with E-state index in [1.54, 1.807) is 6.92 Å². The van der Waals surface area contributed by atoms with Crippen molar-refractivity contribution in [1.29, 1.82) is 0 Å². The summed E-state index contributed by atoms with van der Waals surface area (Å²) < 4.78 is 0.